The second-order valence-corrected chi connectivity index (χ2v) is 12.7. The van der Waals surface area contributed by atoms with E-state index in [0.717, 1.165) is 28.2 Å². The van der Waals surface area contributed by atoms with Crippen molar-refractivity contribution in [1.29, 1.82) is 0 Å². The largest absolute Gasteiger partial charge is 2.00 e. The Morgan fingerprint density at radius 2 is 1.09 bits per heavy atom. The molecule has 0 spiro atoms. The van der Waals surface area contributed by atoms with Crippen molar-refractivity contribution in [3.63, 3.8) is 0 Å². The second-order valence-electron chi connectivity index (χ2n) is 11.6. The fraction of sp³-hybridized carbons (Fsp3) is 0. The topological polar surface area (TPSA) is 3.24 Å². The second kappa shape index (κ2) is 12.5. The third-order valence-electron chi connectivity index (χ3n) is 8.86. The Balaban J connectivity index is 0.00000324. The third kappa shape index (κ3) is 5.45. The normalized spacial score (nSPS) is 11.2. The van der Waals surface area contributed by atoms with E-state index in [4.69, 9.17) is 0 Å². The van der Waals surface area contributed by atoms with Crippen molar-refractivity contribution >= 4 is 70.1 Å². The molecule has 0 aliphatic carbocycles. The molecule has 0 N–H and O–H groups in total. The summed E-state index contributed by atoms with van der Waals surface area (Å²) in [5, 5.41) is 7.45. The van der Waals surface area contributed by atoms with E-state index < -0.39 is 0 Å². The first-order chi connectivity index (χ1) is 22.8. The van der Waals surface area contributed by atoms with E-state index in [-0.39, 0.29) is 31.1 Å². The Bertz CT molecular complexity index is 2520. The average molecular weight is 840 g/mol. The molecule has 0 saturated carbocycles. The molecule has 0 aliphatic heterocycles. The molecule has 3 heteroatoms. The summed E-state index contributed by atoms with van der Waals surface area (Å²) in [5.41, 5.74) is 7.93. The van der Waals surface area contributed by atoms with E-state index in [0.29, 0.717) is 0 Å². The first-order valence-corrected chi connectivity index (χ1v) is 16.3. The molecule has 0 amide bonds. The zero-order valence-electron chi connectivity index (χ0n) is 25.4. The fourth-order valence-corrected chi connectivity index (χ4v) is 7.72. The molecule has 0 aliphatic rings. The fourth-order valence-electron chi connectivity index (χ4n) is 6.58. The molecule has 0 bridgehead atoms. The standard InChI is InChI=1S/C44H27NS.U/c1-3-9-30(10-4-1)32-17-20-36(21-18-32)45(38-23-26-42-41-13-7-8-14-43(41)46-44(42)29-38)37-22-25-40-35(28-37)16-15-34-27-33(19-24-39(34)40)31-11-5-2-6-12-31;/h1-11,13-18,20-29H;/q-2;+2. The van der Waals surface area contributed by atoms with Crippen LogP contribution < -0.4 is 4.90 Å². The van der Waals surface area contributed by atoms with Crippen LogP contribution in [0.1, 0.15) is 0 Å². The molecule has 0 fully saturated rings. The van der Waals surface area contributed by atoms with Gasteiger partial charge in [-0.2, -0.15) is 36.4 Å². The smallest absolute Gasteiger partial charge is 0.310 e. The minimum absolute atomic E-state index is 0. The predicted molar refractivity (Wildman–Crippen MR) is 198 cm³/mol. The summed E-state index contributed by atoms with van der Waals surface area (Å²) in [7, 11) is 0. The van der Waals surface area contributed by atoms with Gasteiger partial charge in [0.15, 0.2) is 0 Å². The summed E-state index contributed by atoms with van der Waals surface area (Å²) in [6.45, 7) is 0. The minimum atomic E-state index is 0. The molecule has 0 saturated heterocycles. The van der Waals surface area contributed by atoms with Crippen molar-refractivity contribution in [3.05, 3.63) is 176 Å². The number of hydrogen-bond acceptors (Lipinski definition) is 2. The maximum Gasteiger partial charge on any atom is 2.00 e. The first kappa shape index (κ1) is 29.7. The Hall–Kier alpha value is -4.65. The summed E-state index contributed by atoms with van der Waals surface area (Å²) in [4.78, 5) is 2.38. The maximum absolute atomic E-state index is 3.52. The molecule has 0 atom stereocenters. The van der Waals surface area contributed by atoms with Gasteiger partial charge in [0.25, 0.3) is 0 Å². The average Bonchev–Trinajstić information content (AvgIpc) is 3.50. The number of benzene rings is 8. The van der Waals surface area contributed by atoms with Gasteiger partial charge in [-0.3, -0.25) is 0 Å². The number of rotatable bonds is 5. The quantitative estimate of drug-likeness (QED) is 0.123. The number of nitrogens with zero attached hydrogens (tertiary/aromatic N) is 1. The van der Waals surface area contributed by atoms with Crippen LogP contribution in [0.3, 0.4) is 0 Å². The van der Waals surface area contributed by atoms with Crippen molar-refractivity contribution in [2.45, 2.75) is 0 Å². The molecule has 1 heterocycles. The molecule has 0 radical (unpaired) electrons. The Kier molecular flexibility index (Phi) is 7.92. The van der Waals surface area contributed by atoms with Crippen LogP contribution in [0, 0.1) is 43.2 Å². The van der Waals surface area contributed by atoms with Crippen LogP contribution >= 0.6 is 11.3 Å². The monoisotopic (exact) mass is 839 g/mol. The summed E-state index contributed by atoms with van der Waals surface area (Å²) in [5.74, 6) is 0. The zero-order valence-corrected chi connectivity index (χ0v) is 30.4. The maximum atomic E-state index is 3.52. The molecule has 218 valence electrons. The van der Waals surface area contributed by atoms with Gasteiger partial charge in [-0.25, -0.2) is 11.1 Å². The third-order valence-corrected chi connectivity index (χ3v) is 9.99. The minimum Gasteiger partial charge on any atom is -0.310 e. The Labute approximate surface area is 302 Å². The van der Waals surface area contributed by atoms with Gasteiger partial charge in [0.05, 0.1) is 0 Å². The van der Waals surface area contributed by atoms with E-state index in [1.54, 1.807) is 0 Å². The van der Waals surface area contributed by atoms with Gasteiger partial charge in [0, 0.05) is 37.2 Å². The molecule has 9 rings (SSSR count). The number of fused-ring (bicyclic) bond motifs is 6. The zero-order chi connectivity index (χ0) is 30.5. The summed E-state index contributed by atoms with van der Waals surface area (Å²) < 4.78 is 2.61. The van der Waals surface area contributed by atoms with E-state index in [2.05, 4.69) is 163 Å². The molecule has 47 heavy (non-hydrogen) atoms. The van der Waals surface area contributed by atoms with Gasteiger partial charge in [0.1, 0.15) is 0 Å². The Morgan fingerprint density at radius 1 is 0.426 bits per heavy atom. The molecule has 9 aromatic rings. The summed E-state index contributed by atoms with van der Waals surface area (Å²) in [6, 6.07) is 65.6. The molecule has 8 aromatic carbocycles. The van der Waals surface area contributed by atoms with E-state index >= 15 is 0 Å². The molecule has 1 aromatic heterocycles. The van der Waals surface area contributed by atoms with Crippen LogP contribution in [-0.4, -0.2) is 0 Å². The van der Waals surface area contributed by atoms with Crippen LogP contribution in [0.2, 0.25) is 0 Å². The van der Waals surface area contributed by atoms with E-state index in [9.17, 15) is 0 Å². The Morgan fingerprint density at radius 3 is 1.89 bits per heavy atom. The predicted octanol–water partition coefficient (Wildman–Crippen LogP) is 12.8. The van der Waals surface area contributed by atoms with Crippen LogP contribution in [0.4, 0.5) is 17.1 Å². The summed E-state index contributed by atoms with van der Waals surface area (Å²) in [6.07, 6.45) is 0. The van der Waals surface area contributed by atoms with Crippen molar-refractivity contribution in [2.75, 3.05) is 4.90 Å². The summed E-state index contributed by atoms with van der Waals surface area (Å²) >= 11 is 1.85. The van der Waals surface area contributed by atoms with Crippen LogP contribution in [0.15, 0.2) is 164 Å². The molecule has 0 unspecified atom stereocenters. The van der Waals surface area contributed by atoms with Gasteiger partial charge in [-0.1, -0.05) is 95.7 Å². The van der Waals surface area contributed by atoms with Gasteiger partial charge < -0.3 is 4.90 Å². The van der Waals surface area contributed by atoms with Crippen molar-refractivity contribution in [2.24, 2.45) is 0 Å². The van der Waals surface area contributed by atoms with Crippen molar-refractivity contribution < 1.29 is 31.1 Å². The van der Waals surface area contributed by atoms with E-state index in [1.807, 2.05) is 29.5 Å². The molecular weight excluding hydrogens is 813 g/mol. The van der Waals surface area contributed by atoms with Gasteiger partial charge in [0.2, 0.25) is 0 Å². The number of hydrogen-bond donors (Lipinski definition) is 0. The number of thiophene rings is 1. The van der Waals surface area contributed by atoms with Crippen LogP contribution in [0.25, 0.3) is 64.0 Å². The van der Waals surface area contributed by atoms with Crippen LogP contribution in [0.5, 0.6) is 0 Å². The van der Waals surface area contributed by atoms with Gasteiger partial charge in [-0.05, 0) is 59.0 Å². The van der Waals surface area contributed by atoms with Gasteiger partial charge in [-0.15, -0.1) is 28.9 Å². The molecule has 1 nitrogen and oxygen atoms in total. The first-order valence-electron chi connectivity index (χ1n) is 15.5. The van der Waals surface area contributed by atoms with Crippen molar-refractivity contribution in [3.8, 4) is 22.3 Å². The molecular formula is C44H27NSU. The van der Waals surface area contributed by atoms with E-state index in [1.165, 1.54) is 52.8 Å². The van der Waals surface area contributed by atoms with Crippen molar-refractivity contribution in [1.82, 2.24) is 0 Å². The number of anilines is 3. The van der Waals surface area contributed by atoms with Crippen LogP contribution in [-0.2, 0) is 0 Å². The SMILES string of the molecule is [U+2].[c-]1ccccc1-c1[c-]cc2c(ccc3cc(N(c4ccc(-c5ccccc5)cc4)c4ccc5c(c4)sc4ccccc45)ccc32)c1. The van der Waals surface area contributed by atoms with Gasteiger partial charge >= 0.3 is 31.1 Å².